The minimum atomic E-state index is -0.539. The van der Waals surface area contributed by atoms with Gasteiger partial charge in [-0.1, -0.05) is 62.4 Å². The molecule has 172 valence electrons. The number of nitrogens with one attached hydrogen (secondary N) is 3. The number of hydrogen-bond donors (Lipinski definition) is 3. The van der Waals surface area contributed by atoms with E-state index in [1.54, 1.807) is 12.1 Å². The van der Waals surface area contributed by atoms with Crippen molar-refractivity contribution in [3.63, 3.8) is 0 Å². The van der Waals surface area contributed by atoms with Gasteiger partial charge in [0.15, 0.2) is 0 Å². The normalized spacial score (nSPS) is 16.1. The van der Waals surface area contributed by atoms with Crippen LogP contribution in [0.1, 0.15) is 56.9 Å². The molecule has 6 heteroatoms. The molecule has 1 saturated carbocycles. The van der Waals surface area contributed by atoms with Crippen molar-refractivity contribution >= 4 is 17.5 Å². The SMILES string of the molecule is C[C@H](C(=O)N[C@@H](CC1CCCCC1)C(=O)NCCNc1ccc(F)cc1)c1ccccc1. The van der Waals surface area contributed by atoms with Gasteiger partial charge in [0, 0.05) is 18.8 Å². The third-order valence-electron chi connectivity index (χ3n) is 6.22. The molecule has 1 aliphatic rings. The number of carbonyl (C=O) groups excluding carboxylic acids is 2. The molecule has 2 aromatic rings. The number of carbonyl (C=O) groups is 2. The molecule has 0 aliphatic heterocycles. The maximum atomic E-state index is 13.0. The van der Waals surface area contributed by atoms with Crippen LogP contribution in [0.3, 0.4) is 0 Å². The van der Waals surface area contributed by atoms with E-state index in [2.05, 4.69) is 16.0 Å². The summed E-state index contributed by atoms with van der Waals surface area (Å²) >= 11 is 0. The summed E-state index contributed by atoms with van der Waals surface area (Å²) in [5, 5.41) is 9.12. The zero-order chi connectivity index (χ0) is 22.8. The number of hydrogen-bond acceptors (Lipinski definition) is 3. The van der Waals surface area contributed by atoms with E-state index in [0.29, 0.717) is 25.4 Å². The molecule has 3 rings (SSSR count). The summed E-state index contributed by atoms with van der Waals surface area (Å²) in [5.74, 6) is -0.418. The van der Waals surface area contributed by atoms with Crippen LogP contribution < -0.4 is 16.0 Å². The first-order valence-corrected chi connectivity index (χ1v) is 11.7. The Morgan fingerprint density at radius 1 is 0.938 bits per heavy atom. The molecule has 0 spiro atoms. The topological polar surface area (TPSA) is 70.2 Å². The predicted octanol–water partition coefficient (Wildman–Crippen LogP) is 4.61. The summed E-state index contributed by atoms with van der Waals surface area (Å²) in [6.07, 6.45) is 6.52. The lowest BCUT2D eigenvalue weighted by Crippen LogP contribution is -2.49. The highest BCUT2D eigenvalue weighted by atomic mass is 19.1. The highest BCUT2D eigenvalue weighted by molar-refractivity contribution is 5.90. The molecule has 0 bridgehead atoms. The first kappa shape index (κ1) is 23.8. The van der Waals surface area contributed by atoms with Crippen molar-refractivity contribution in [3.8, 4) is 0 Å². The van der Waals surface area contributed by atoms with Crippen molar-refractivity contribution in [2.45, 2.75) is 57.4 Å². The summed E-state index contributed by atoms with van der Waals surface area (Å²) < 4.78 is 13.0. The second kappa shape index (κ2) is 12.2. The molecule has 2 amide bonds. The average Bonchev–Trinajstić information content (AvgIpc) is 2.83. The van der Waals surface area contributed by atoms with Crippen molar-refractivity contribution in [3.05, 3.63) is 66.0 Å². The first-order valence-electron chi connectivity index (χ1n) is 11.7. The third kappa shape index (κ3) is 7.36. The molecule has 1 aliphatic carbocycles. The van der Waals surface area contributed by atoms with Gasteiger partial charge in [-0.25, -0.2) is 4.39 Å². The molecule has 0 saturated heterocycles. The van der Waals surface area contributed by atoms with Crippen LogP contribution in [0, 0.1) is 11.7 Å². The standard InChI is InChI=1S/C26H34FN3O2/c1-19(21-10-6-3-7-11-21)25(31)30-24(18-20-8-4-2-5-9-20)26(32)29-17-16-28-23-14-12-22(27)13-15-23/h3,6-7,10-15,19-20,24,28H,2,4-5,8-9,16-18H2,1H3,(H,29,32)(H,30,31)/t19-,24-/m0/s1. The van der Waals surface area contributed by atoms with Crippen LogP contribution in [-0.2, 0) is 9.59 Å². The molecule has 2 aromatic carbocycles. The summed E-state index contributed by atoms with van der Waals surface area (Å²) in [7, 11) is 0. The van der Waals surface area contributed by atoms with Gasteiger partial charge in [0.2, 0.25) is 11.8 Å². The zero-order valence-electron chi connectivity index (χ0n) is 18.8. The van der Waals surface area contributed by atoms with Gasteiger partial charge in [0.25, 0.3) is 0 Å². The van der Waals surface area contributed by atoms with Crippen LogP contribution >= 0.6 is 0 Å². The molecule has 32 heavy (non-hydrogen) atoms. The summed E-state index contributed by atoms with van der Waals surface area (Å²) in [4.78, 5) is 25.9. The smallest absolute Gasteiger partial charge is 0.242 e. The molecule has 0 aromatic heterocycles. The molecule has 0 heterocycles. The largest absolute Gasteiger partial charge is 0.383 e. The van der Waals surface area contributed by atoms with E-state index in [-0.39, 0.29) is 23.5 Å². The van der Waals surface area contributed by atoms with Gasteiger partial charge in [0.1, 0.15) is 11.9 Å². The van der Waals surface area contributed by atoms with Gasteiger partial charge in [-0.3, -0.25) is 9.59 Å². The molecule has 0 radical (unpaired) electrons. The van der Waals surface area contributed by atoms with Crippen LogP contribution in [0.15, 0.2) is 54.6 Å². The number of benzene rings is 2. The fourth-order valence-electron chi connectivity index (χ4n) is 4.26. The van der Waals surface area contributed by atoms with Crippen LogP contribution in [0.5, 0.6) is 0 Å². The Balaban J connectivity index is 1.54. The van der Waals surface area contributed by atoms with Gasteiger partial charge >= 0.3 is 0 Å². The molecule has 0 unspecified atom stereocenters. The maximum absolute atomic E-state index is 13.0. The molecule has 5 nitrogen and oxygen atoms in total. The highest BCUT2D eigenvalue weighted by Gasteiger charge is 2.27. The van der Waals surface area contributed by atoms with E-state index in [1.807, 2.05) is 37.3 Å². The Morgan fingerprint density at radius 3 is 2.31 bits per heavy atom. The molecule has 1 fully saturated rings. The highest BCUT2D eigenvalue weighted by Crippen LogP contribution is 2.27. The third-order valence-corrected chi connectivity index (χ3v) is 6.22. The number of anilines is 1. The van der Waals surface area contributed by atoms with Gasteiger partial charge in [-0.05, 0) is 49.1 Å². The fourth-order valence-corrected chi connectivity index (χ4v) is 4.26. The second-order valence-corrected chi connectivity index (χ2v) is 8.66. The monoisotopic (exact) mass is 439 g/mol. The van der Waals surface area contributed by atoms with Crippen molar-refractivity contribution < 1.29 is 14.0 Å². The van der Waals surface area contributed by atoms with Crippen molar-refractivity contribution in [2.24, 2.45) is 5.92 Å². The van der Waals surface area contributed by atoms with E-state index in [1.165, 1.54) is 31.4 Å². The van der Waals surface area contributed by atoms with Gasteiger partial charge in [0.05, 0.1) is 5.92 Å². The van der Waals surface area contributed by atoms with E-state index < -0.39 is 6.04 Å². The Morgan fingerprint density at radius 2 is 1.62 bits per heavy atom. The number of amides is 2. The lowest BCUT2D eigenvalue weighted by Gasteiger charge is -2.27. The quantitative estimate of drug-likeness (QED) is 0.474. The Labute approximate surface area is 190 Å². The lowest BCUT2D eigenvalue weighted by atomic mass is 9.84. The van der Waals surface area contributed by atoms with Crippen molar-refractivity contribution in [2.75, 3.05) is 18.4 Å². The van der Waals surface area contributed by atoms with E-state index in [4.69, 9.17) is 0 Å². The van der Waals surface area contributed by atoms with Crippen LogP contribution in [0.25, 0.3) is 0 Å². The van der Waals surface area contributed by atoms with Gasteiger partial charge < -0.3 is 16.0 Å². The fraction of sp³-hybridized carbons (Fsp3) is 0.462. The lowest BCUT2D eigenvalue weighted by molar-refractivity contribution is -0.130. The van der Waals surface area contributed by atoms with E-state index in [9.17, 15) is 14.0 Å². The van der Waals surface area contributed by atoms with E-state index >= 15 is 0 Å². The minimum absolute atomic E-state index is 0.128. The molecular weight excluding hydrogens is 405 g/mol. The first-order chi connectivity index (χ1) is 15.5. The maximum Gasteiger partial charge on any atom is 0.242 e. The van der Waals surface area contributed by atoms with Crippen LogP contribution in [-0.4, -0.2) is 30.9 Å². The predicted molar refractivity (Wildman–Crippen MR) is 126 cm³/mol. The minimum Gasteiger partial charge on any atom is -0.383 e. The number of halogens is 1. The molecule has 2 atom stereocenters. The van der Waals surface area contributed by atoms with Gasteiger partial charge in [-0.2, -0.15) is 0 Å². The Bertz CT molecular complexity index is 851. The summed E-state index contributed by atoms with van der Waals surface area (Å²) in [5.41, 5.74) is 1.73. The van der Waals surface area contributed by atoms with Crippen LogP contribution in [0.2, 0.25) is 0 Å². The summed E-state index contributed by atoms with van der Waals surface area (Å²) in [6, 6.07) is 15.2. The number of rotatable bonds is 10. The average molecular weight is 440 g/mol. The zero-order valence-corrected chi connectivity index (χ0v) is 18.8. The second-order valence-electron chi connectivity index (χ2n) is 8.66. The Kier molecular flexibility index (Phi) is 9.08. The van der Waals surface area contributed by atoms with Crippen molar-refractivity contribution in [1.82, 2.24) is 10.6 Å². The van der Waals surface area contributed by atoms with Crippen LogP contribution in [0.4, 0.5) is 10.1 Å². The molecular formula is C26H34FN3O2. The Hall–Kier alpha value is -2.89. The van der Waals surface area contributed by atoms with Gasteiger partial charge in [-0.15, -0.1) is 0 Å². The molecule has 3 N–H and O–H groups in total. The summed E-state index contributed by atoms with van der Waals surface area (Å²) in [6.45, 7) is 2.80. The van der Waals surface area contributed by atoms with E-state index in [0.717, 1.165) is 24.1 Å². The van der Waals surface area contributed by atoms with Crippen molar-refractivity contribution in [1.29, 1.82) is 0 Å².